The molecular weight excluding hydrogens is 362 g/mol. The van der Waals surface area contributed by atoms with Gasteiger partial charge in [0.2, 0.25) is 10.0 Å². The molecule has 0 aromatic heterocycles. The number of ether oxygens (including phenoxy) is 1. The van der Waals surface area contributed by atoms with Crippen LogP contribution in [-0.2, 0) is 14.8 Å². The summed E-state index contributed by atoms with van der Waals surface area (Å²) in [6.07, 6.45) is 0. The third kappa shape index (κ3) is 4.68. The summed E-state index contributed by atoms with van der Waals surface area (Å²) in [4.78, 5) is 13.8. The summed E-state index contributed by atoms with van der Waals surface area (Å²) < 4.78 is 31.8. The van der Waals surface area contributed by atoms with Crippen LogP contribution in [0.15, 0.2) is 29.2 Å². The minimum Gasteiger partial charge on any atom is -0.462 e. The Balaban J connectivity index is 2.04. The van der Waals surface area contributed by atoms with Gasteiger partial charge in [-0.1, -0.05) is 0 Å². The lowest BCUT2D eigenvalue weighted by Gasteiger charge is -2.35. The first kappa shape index (κ1) is 19.6. The Bertz CT molecular complexity index is 711. The molecule has 25 heavy (non-hydrogen) atoms. The van der Waals surface area contributed by atoms with Gasteiger partial charge in [0.05, 0.1) is 17.1 Å². The van der Waals surface area contributed by atoms with Crippen LogP contribution in [0.25, 0.3) is 0 Å². The predicted octanol–water partition coefficient (Wildman–Crippen LogP) is 1.06. The van der Waals surface area contributed by atoms with Gasteiger partial charge in [0.15, 0.2) is 5.11 Å². The highest BCUT2D eigenvalue weighted by atomic mass is 32.2. The molecule has 0 aliphatic carbocycles. The second-order valence-electron chi connectivity index (χ2n) is 5.47. The van der Waals surface area contributed by atoms with E-state index < -0.39 is 16.0 Å². The molecule has 0 unspecified atom stereocenters. The second kappa shape index (κ2) is 8.59. The van der Waals surface area contributed by atoms with E-state index in [0.29, 0.717) is 36.9 Å². The third-order valence-electron chi connectivity index (χ3n) is 3.86. The fraction of sp³-hybridized carbons (Fsp3) is 0.500. The first-order valence-electron chi connectivity index (χ1n) is 8.20. The van der Waals surface area contributed by atoms with Crippen molar-refractivity contribution in [2.45, 2.75) is 18.7 Å². The van der Waals surface area contributed by atoms with E-state index in [1.165, 1.54) is 28.6 Å². The molecule has 1 heterocycles. The zero-order valence-electron chi connectivity index (χ0n) is 14.4. The Kier molecular flexibility index (Phi) is 6.74. The molecule has 1 fully saturated rings. The van der Waals surface area contributed by atoms with Gasteiger partial charge in [-0.25, -0.2) is 13.2 Å². The van der Waals surface area contributed by atoms with E-state index in [-0.39, 0.29) is 11.5 Å². The zero-order valence-corrected chi connectivity index (χ0v) is 16.0. The van der Waals surface area contributed by atoms with Gasteiger partial charge in [0.1, 0.15) is 0 Å². The summed E-state index contributed by atoms with van der Waals surface area (Å²) in [5.41, 5.74) is 0.335. The first-order valence-corrected chi connectivity index (χ1v) is 10.0. The molecule has 7 nitrogen and oxygen atoms in total. The van der Waals surface area contributed by atoms with Crippen molar-refractivity contribution in [2.75, 3.05) is 39.3 Å². The number of hydrogen-bond donors (Lipinski definition) is 1. The fourth-order valence-electron chi connectivity index (χ4n) is 2.52. The Labute approximate surface area is 154 Å². The van der Waals surface area contributed by atoms with Crippen molar-refractivity contribution < 1.29 is 17.9 Å². The molecule has 1 aromatic rings. The Hall–Kier alpha value is -1.71. The number of hydrogen-bond acceptors (Lipinski definition) is 5. The van der Waals surface area contributed by atoms with Crippen LogP contribution in [0.2, 0.25) is 0 Å². The lowest BCUT2D eigenvalue weighted by molar-refractivity contribution is 0.0526. The van der Waals surface area contributed by atoms with Crippen LogP contribution in [-0.4, -0.2) is 68.0 Å². The van der Waals surface area contributed by atoms with Gasteiger partial charge < -0.3 is 15.0 Å². The summed E-state index contributed by atoms with van der Waals surface area (Å²) in [6.45, 7) is 6.53. The van der Waals surface area contributed by atoms with Crippen molar-refractivity contribution in [3.05, 3.63) is 29.8 Å². The summed E-state index contributed by atoms with van der Waals surface area (Å²) >= 11 is 5.26. The van der Waals surface area contributed by atoms with Crippen molar-refractivity contribution in [3.8, 4) is 0 Å². The van der Waals surface area contributed by atoms with E-state index in [1.54, 1.807) is 6.92 Å². The number of nitrogens with zero attached hydrogens (tertiary/aromatic N) is 2. The number of esters is 1. The smallest absolute Gasteiger partial charge is 0.338 e. The molecule has 0 spiro atoms. The molecule has 1 saturated heterocycles. The van der Waals surface area contributed by atoms with Crippen LogP contribution in [0.1, 0.15) is 24.2 Å². The molecule has 1 N–H and O–H groups in total. The normalized spacial score (nSPS) is 15.7. The molecule has 1 aliphatic heterocycles. The fourth-order valence-corrected chi connectivity index (χ4v) is 4.27. The molecule has 1 aliphatic rings. The van der Waals surface area contributed by atoms with E-state index in [9.17, 15) is 13.2 Å². The van der Waals surface area contributed by atoms with Crippen molar-refractivity contribution in [1.82, 2.24) is 14.5 Å². The number of rotatable bonds is 5. The third-order valence-corrected chi connectivity index (χ3v) is 6.17. The summed E-state index contributed by atoms with van der Waals surface area (Å²) in [7, 11) is -3.59. The minimum absolute atomic E-state index is 0.170. The Morgan fingerprint density at radius 2 is 1.76 bits per heavy atom. The highest BCUT2D eigenvalue weighted by molar-refractivity contribution is 7.89. The van der Waals surface area contributed by atoms with Gasteiger partial charge >= 0.3 is 5.97 Å². The van der Waals surface area contributed by atoms with E-state index in [2.05, 4.69) is 5.32 Å². The van der Waals surface area contributed by atoms with Gasteiger partial charge in [-0.3, -0.25) is 0 Å². The molecule has 9 heteroatoms. The monoisotopic (exact) mass is 385 g/mol. The first-order chi connectivity index (χ1) is 11.9. The largest absolute Gasteiger partial charge is 0.462 e. The van der Waals surface area contributed by atoms with Crippen molar-refractivity contribution in [3.63, 3.8) is 0 Å². The van der Waals surface area contributed by atoms with E-state index >= 15 is 0 Å². The second-order valence-corrected chi connectivity index (χ2v) is 7.80. The van der Waals surface area contributed by atoms with Gasteiger partial charge in [0.25, 0.3) is 0 Å². The Morgan fingerprint density at radius 1 is 1.16 bits per heavy atom. The quantitative estimate of drug-likeness (QED) is 0.600. The molecule has 2 rings (SSSR count). The van der Waals surface area contributed by atoms with Crippen LogP contribution >= 0.6 is 12.2 Å². The number of carbonyl (C=O) groups is 1. The molecule has 0 atom stereocenters. The number of thiocarbonyl (C=S) groups is 1. The van der Waals surface area contributed by atoms with Crippen LogP contribution in [0.3, 0.4) is 0 Å². The summed E-state index contributed by atoms with van der Waals surface area (Å²) in [6, 6.07) is 5.83. The standard InChI is InChI=1S/C16H23N3O4S2/c1-3-17-16(24)18-9-11-19(12-10-18)25(21,22)14-7-5-13(6-8-14)15(20)23-4-2/h5-8H,3-4,9-12H2,1-2H3,(H,17,24). The lowest BCUT2D eigenvalue weighted by Crippen LogP contribution is -2.52. The molecule has 0 radical (unpaired) electrons. The average Bonchev–Trinajstić information content (AvgIpc) is 2.62. The molecule has 0 saturated carbocycles. The molecular formula is C16H23N3O4S2. The zero-order chi connectivity index (χ0) is 18.4. The van der Waals surface area contributed by atoms with Crippen LogP contribution in [0.5, 0.6) is 0 Å². The van der Waals surface area contributed by atoms with Gasteiger partial charge in [-0.2, -0.15) is 4.31 Å². The number of piperazine rings is 1. The maximum atomic E-state index is 12.7. The van der Waals surface area contributed by atoms with Crippen molar-refractivity contribution >= 4 is 33.3 Å². The highest BCUT2D eigenvalue weighted by Gasteiger charge is 2.29. The topological polar surface area (TPSA) is 79.0 Å². The van der Waals surface area contributed by atoms with Crippen molar-refractivity contribution in [1.29, 1.82) is 0 Å². The SMILES string of the molecule is CCNC(=S)N1CCN(S(=O)(=O)c2ccc(C(=O)OCC)cc2)CC1. The molecule has 138 valence electrons. The van der Waals surface area contributed by atoms with Gasteiger partial charge in [-0.15, -0.1) is 0 Å². The van der Waals surface area contributed by atoms with E-state index in [0.717, 1.165) is 6.54 Å². The van der Waals surface area contributed by atoms with Gasteiger partial charge in [-0.05, 0) is 50.3 Å². The maximum absolute atomic E-state index is 12.7. The highest BCUT2D eigenvalue weighted by Crippen LogP contribution is 2.18. The number of benzene rings is 1. The number of carbonyl (C=O) groups excluding carboxylic acids is 1. The summed E-state index contributed by atoms with van der Waals surface area (Å²) in [5, 5.41) is 3.72. The maximum Gasteiger partial charge on any atom is 0.338 e. The van der Waals surface area contributed by atoms with Crippen LogP contribution < -0.4 is 5.32 Å². The van der Waals surface area contributed by atoms with Gasteiger partial charge in [0, 0.05) is 32.7 Å². The Morgan fingerprint density at radius 3 is 2.28 bits per heavy atom. The summed E-state index contributed by atoms with van der Waals surface area (Å²) in [5.74, 6) is -0.461. The molecule has 0 bridgehead atoms. The number of sulfonamides is 1. The molecule has 0 amide bonds. The van der Waals surface area contributed by atoms with Crippen LogP contribution in [0, 0.1) is 0 Å². The van der Waals surface area contributed by atoms with E-state index in [4.69, 9.17) is 17.0 Å². The van der Waals surface area contributed by atoms with Crippen molar-refractivity contribution in [2.24, 2.45) is 0 Å². The van der Waals surface area contributed by atoms with Crippen LogP contribution in [0.4, 0.5) is 0 Å². The van der Waals surface area contributed by atoms with E-state index in [1.807, 2.05) is 11.8 Å². The minimum atomic E-state index is -3.59. The molecule has 1 aromatic carbocycles. The number of nitrogens with one attached hydrogen (secondary N) is 1. The predicted molar refractivity (Wildman–Crippen MR) is 99.0 cm³/mol. The lowest BCUT2D eigenvalue weighted by atomic mass is 10.2. The average molecular weight is 386 g/mol.